The van der Waals surface area contributed by atoms with E-state index >= 15 is 0 Å². The van der Waals surface area contributed by atoms with Crippen molar-refractivity contribution in [1.29, 1.82) is 0 Å². The van der Waals surface area contributed by atoms with Crippen molar-refractivity contribution in [3.8, 4) is 33.6 Å². The van der Waals surface area contributed by atoms with Crippen LogP contribution in [0.2, 0.25) is 0 Å². The monoisotopic (exact) mass is 804 g/mol. The van der Waals surface area contributed by atoms with Gasteiger partial charge in [0.2, 0.25) is 0 Å². The Morgan fingerprint density at radius 3 is 1.98 bits per heavy atom. The number of hydrogen-bond acceptors (Lipinski definition) is 2. The molecule has 0 bridgehead atoms. The van der Waals surface area contributed by atoms with E-state index in [0.717, 1.165) is 22.5 Å². The molecule has 0 fully saturated rings. The van der Waals surface area contributed by atoms with E-state index in [0.29, 0.717) is 5.69 Å². The molecule has 3 nitrogen and oxygen atoms in total. The Hall–Kier alpha value is -4.42. The molecular formula is C44H41IrN3-2. The van der Waals surface area contributed by atoms with Gasteiger partial charge in [0.1, 0.15) is 0 Å². The van der Waals surface area contributed by atoms with Gasteiger partial charge in [-0.05, 0) is 61.7 Å². The van der Waals surface area contributed by atoms with Crippen LogP contribution in [-0.2, 0) is 36.4 Å². The van der Waals surface area contributed by atoms with E-state index in [2.05, 4.69) is 137 Å². The summed E-state index contributed by atoms with van der Waals surface area (Å²) < 4.78 is 0. The molecule has 4 aromatic carbocycles. The minimum atomic E-state index is -0.149. The van der Waals surface area contributed by atoms with E-state index in [4.69, 9.17) is 6.57 Å². The van der Waals surface area contributed by atoms with Crippen LogP contribution >= 0.6 is 0 Å². The van der Waals surface area contributed by atoms with Crippen molar-refractivity contribution in [2.24, 2.45) is 0 Å². The van der Waals surface area contributed by atoms with Gasteiger partial charge in [0.15, 0.2) is 5.69 Å². The molecule has 0 saturated heterocycles. The number of nitrogens with zero attached hydrogens (tertiary/aromatic N) is 3. The summed E-state index contributed by atoms with van der Waals surface area (Å²) in [5.41, 5.74) is 12.4. The molecule has 0 unspecified atom stereocenters. The first-order chi connectivity index (χ1) is 22.3. The maximum absolute atomic E-state index is 7.38. The molecule has 0 saturated carbocycles. The van der Waals surface area contributed by atoms with Crippen molar-refractivity contribution < 1.29 is 20.1 Å². The van der Waals surface area contributed by atoms with Crippen LogP contribution in [-0.4, -0.2) is 9.97 Å². The minimum Gasteiger partial charge on any atom is -0.305 e. The first-order valence-corrected chi connectivity index (χ1v) is 16.2. The third-order valence-electron chi connectivity index (χ3n) is 9.20. The number of benzene rings is 4. The Morgan fingerprint density at radius 1 is 0.688 bits per heavy atom. The van der Waals surface area contributed by atoms with Crippen molar-refractivity contribution >= 4 is 16.5 Å². The molecular weight excluding hydrogens is 763 g/mol. The van der Waals surface area contributed by atoms with Gasteiger partial charge in [-0.15, -0.1) is 64.7 Å². The van der Waals surface area contributed by atoms with E-state index in [9.17, 15) is 0 Å². The molecule has 2 aromatic heterocycles. The standard InChI is InChI=1S/C25H17N2.C19H24N.Ir/c1-25(2)22-14-17(23-6-4-5-13-27-23)9-11-19(22)20-12-8-16-7-10-18(26-3)15-21(16)24(20)25;1-18(2,3)15-9-7-14(8-10-15)17-12-11-16(13-20-17)19(4,5)6;/h4-8,10-15H,1-2H3;7,9-13H,1-6H3;/q2*-1;. The van der Waals surface area contributed by atoms with Gasteiger partial charge in [0, 0.05) is 32.5 Å². The van der Waals surface area contributed by atoms with Crippen LogP contribution in [0.25, 0.3) is 49.3 Å². The molecule has 2 heterocycles. The van der Waals surface area contributed by atoms with Gasteiger partial charge < -0.3 is 9.97 Å². The van der Waals surface area contributed by atoms with Crippen LogP contribution in [0.5, 0.6) is 0 Å². The first kappa shape index (κ1) is 34.9. The molecule has 4 heteroatoms. The molecule has 1 aliphatic carbocycles. The average Bonchev–Trinajstić information content (AvgIpc) is 3.30. The van der Waals surface area contributed by atoms with Crippen LogP contribution in [0.3, 0.4) is 0 Å². The Kier molecular flexibility index (Phi) is 9.62. The van der Waals surface area contributed by atoms with Crippen LogP contribution in [0.4, 0.5) is 5.69 Å². The SMILES string of the molecule is CC(C)(C)c1c[c-]c(-c2ccc(C(C)(C)C)cn2)cc1.[C-]#[N+]c1ccc2ccc3c(c2c1)C(C)(C)c1cc(-c2ccccn2)[c-]cc1-3.[Ir]. The van der Waals surface area contributed by atoms with Crippen LogP contribution in [0, 0.1) is 18.7 Å². The Balaban J connectivity index is 0.000000193. The Labute approximate surface area is 299 Å². The molecule has 1 aliphatic rings. The maximum Gasteiger partial charge on any atom is 0.187 e. The molecule has 1 radical (unpaired) electrons. The smallest absolute Gasteiger partial charge is 0.187 e. The van der Waals surface area contributed by atoms with Crippen molar-refractivity contribution in [1.82, 2.24) is 9.97 Å². The number of fused-ring (bicyclic) bond motifs is 5. The maximum atomic E-state index is 7.38. The van der Waals surface area contributed by atoms with E-state index < -0.39 is 0 Å². The van der Waals surface area contributed by atoms with Gasteiger partial charge >= 0.3 is 0 Å². The molecule has 243 valence electrons. The summed E-state index contributed by atoms with van der Waals surface area (Å²) in [6.45, 7) is 25.2. The predicted molar refractivity (Wildman–Crippen MR) is 196 cm³/mol. The summed E-state index contributed by atoms with van der Waals surface area (Å²) in [5, 5.41) is 2.34. The molecule has 0 spiro atoms. The molecule has 0 atom stereocenters. The van der Waals surface area contributed by atoms with Gasteiger partial charge in [-0.1, -0.05) is 115 Å². The van der Waals surface area contributed by atoms with E-state index in [1.54, 1.807) is 0 Å². The third-order valence-corrected chi connectivity index (χ3v) is 9.20. The fourth-order valence-electron chi connectivity index (χ4n) is 6.36. The summed E-state index contributed by atoms with van der Waals surface area (Å²) in [4.78, 5) is 12.7. The second kappa shape index (κ2) is 13.2. The number of rotatable bonds is 2. The molecule has 48 heavy (non-hydrogen) atoms. The van der Waals surface area contributed by atoms with Crippen molar-refractivity contribution in [2.75, 3.05) is 0 Å². The predicted octanol–water partition coefficient (Wildman–Crippen LogP) is 11.7. The molecule has 7 rings (SSSR count). The Morgan fingerprint density at radius 2 is 1.38 bits per heavy atom. The van der Waals surface area contributed by atoms with E-state index in [1.165, 1.54) is 44.2 Å². The topological polar surface area (TPSA) is 30.1 Å². The summed E-state index contributed by atoms with van der Waals surface area (Å²) >= 11 is 0. The van der Waals surface area contributed by atoms with Crippen LogP contribution in [0.1, 0.15) is 77.6 Å². The van der Waals surface area contributed by atoms with E-state index in [-0.39, 0.29) is 36.4 Å². The van der Waals surface area contributed by atoms with E-state index in [1.807, 2.05) is 48.8 Å². The van der Waals surface area contributed by atoms with Gasteiger partial charge in [0.25, 0.3) is 0 Å². The van der Waals surface area contributed by atoms with Crippen molar-refractivity contribution in [3.05, 3.63) is 149 Å². The summed E-state index contributed by atoms with van der Waals surface area (Å²) in [6, 6.07) is 38.0. The zero-order chi connectivity index (χ0) is 33.6. The zero-order valence-electron chi connectivity index (χ0n) is 29.0. The van der Waals surface area contributed by atoms with Crippen LogP contribution < -0.4 is 0 Å². The number of aromatic nitrogens is 2. The fourth-order valence-corrected chi connectivity index (χ4v) is 6.36. The molecule has 0 amide bonds. The molecule has 0 aliphatic heterocycles. The largest absolute Gasteiger partial charge is 0.305 e. The minimum absolute atomic E-state index is 0. The first-order valence-electron chi connectivity index (χ1n) is 16.2. The second-order valence-electron chi connectivity index (χ2n) is 14.9. The number of pyridine rings is 2. The quantitative estimate of drug-likeness (QED) is 0.163. The van der Waals surface area contributed by atoms with Gasteiger partial charge in [-0.2, -0.15) is 0 Å². The van der Waals surface area contributed by atoms with Crippen LogP contribution in [0.15, 0.2) is 103 Å². The summed E-state index contributed by atoms with van der Waals surface area (Å²) in [7, 11) is 0. The molecule has 6 aromatic rings. The zero-order valence-corrected chi connectivity index (χ0v) is 31.4. The summed E-state index contributed by atoms with van der Waals surface area (Å²) in [6.07, 6.45) is 3.79. The number of hydrogen-bond donors (Lipinski definition) is 0. The van der Waals surface area contributed by atoms with Crippen molar-refractivity contribution in [3.63, 3.8) is 0 Å². The summed E-state index contributed by atoms with van der Waals surface area (Å²) in [5.74, 6) is 0. The average molecular weight is 804 g/mol. The second-order valence-corrected chi connectivity index (χ2v) is 14.9. The van der Waals surface area contributed by atoms with Gasteiger partial charge in [-0.3, -0.25) is 0 Å². The Bertz CT molecular complexity index is 2050. The third kappa shape index (κ3) is 6.77. The molecule has 0 N–H and O–H groups in total. The van der Waals surface area contributed by atoms with Gasteiger partial charge in [-0.25, -0.2) is 4.85 Å². The normalized spacial score (nSPS) is 13.0. The van der Waals surface area contributed by atoms with Crippen molar-refractivity contribution in [2.45, 2.75) is 71.6 Å². The van der Waals surface area contributed by atoms with Gasteiger partial charge in [0.05, 0.1) is 6.57 Å². The fraction of sp³-hybridized carbons (Fsp3) is 0.250.